The molecule has 0 bridgehead atoms. The van der Waals surface area contributed by atoms with Gasteiger partial charge in [0.1, 0.15) is 0 Å². The zero-order valence-electron chi connectivity index (χ0n) is 9.13. The second kappa shape index (κ2) is 4.73. The van der Waals surface area contributed by atoms with Gasteiger partial charge in [0.05, 0.1) is 0 Å². The van der Waals surface area contributed by atoms with Crippen molar-refractivity contribution in [3.63, 3.8) is 0 Å². The molecule has 0 saturated heterocycles. The van der Waals surface area contributed by atoms with E-state index >= 15 is 0 Å². The lowest BCUT2D eigenvalue weighted by Gasteiger charge is -1.95. The van der Waals surface area contributed by atoms with Gasteiger partial charge in [-0.15, -0.1) is 5.10 Å². The third-order valence-electron chi connectivity index (χ3n) is 2.12. The maximum Gasteiger partial charge on any atom is 0.346 e. The maximum atomic E-state index is 11.5. The van der Waals surface area contributed by atoms with Crippen LogP contribution in [0.4, 0.5) is 0 Å². The Morgan fingerprint density at radius 2 is 2.06 bits per heavy atom. The molecule has 0 saturated carbocycles. The molecule has 7 heteroatoms. The van der Waals surface area contributed by atoms with Crippen molar-refractivity contribution in [3.05, 3.63) is 16.3 Å². The van der Waals surface area contributed by atoms with Crippen LogP contribution in [0.2, 0.25) is 0 Å². The summed E-state index contributed by atoms with van der Waals surface area (Å²) in [7, 11) is 1.46. The van der Waals surface area contributed by atoms with Gasteiger partial charge in [-0.25, -0.2) is 9.48 Å². The normalized spacial score (nSPS) is 10.4. The maximum absolute atomic E-state index is 11.5. The molecule has 0 aliphatic rings. The molecule has 0 atom stereocenters. The fourth-order valence-corrected chi connectivity index (χ4v) is 1.32. The van der Waals surface area contributed by atoms with Crippen LogP contribution < -0.4 is 5.69 Å². The van der Waals surface area contributed by atoms with Crippen LogP contribution in [0, 0.1) is 0 Å². The number of rotatable bonds is 5. The standard InChI is InChI=1S/C9H13N3O4/c1-6(13)8-10-12(9(16)11(8)2)5-3-4-7(14)15/h3-5H2,1-2H3,(H,14,15). The Hall–Kier alpha value is -1.92. The predicted octanol–water partition coefficient (Wildman–Crippen LogP) is -0.351. The molecular formula is C9H13N3O4. The average molecular weight is 227 g/mol. The van der Waals surface area contributed by atoms with Gasteiger partial charge >= 0.3 is 11.7 Å². The number of hydrogen-bond acceptors (Lipinski definition) is 4. The highest BCUT2D eigenvalue weighted by Gasteiger charge is 2.13. The molecule has 1 heterocycles. The van der Waals surface area contributed by atoms with E-state index in [4.69, 9.17) is 5.11 Å². The highest BCUT2D eigenvalue weighted by molar-refractivity contribution is 5.90. The molecule has 1 aromatic rings. The van der Waals surface area contributed by atoms with E-state index in [0.29, 0.717) is 6.42 Å². The van der Waals surface area contributed by atoms with Crippen LogP contribution in [-0.2, 0) is 18.4 Å². The molecule has 0 aromatic carbocycles. The number of carbonyl (C=O) groups excluding carboxylic acids is 1. The Labute approximate surface area is 91.3 Å². The van der Waals surface area contributed by atoms with Crippen molar-refractivity contribution in [1.82, 2.24) is 14.3 Å². The van der Waals surface area contributed by atoms with Gasteiger partial charge in [0, 0.05) is 26.9 Å². The number of carboxylic acids is 1. The first-order valence-electron chi connectivity index (χ1n) is 4.80. The van der Waals surface area contributed by atoms with Crippen LogP contribution >= 0.6 is 0 Å². The van der Waals surface area contributed by atoms with Crippen LogP contribution in [-0.4, -0.2) is 31.2 Å². The van der Waals surface area contributed by atoms with E-state index in [-0.39, 0.29) is 24.6 Å². The van der Waals surface area contributed by atoms with E-state index in [9.17, 15) is 14.4 Å². The quantitative estimate of drug-likeness (QED) is 0.694. The van der Waals surface area contributed by atoms with Crippen molar-refractivity contribution in [2.45, 2.75) is 26.3 Å². The summed E-state index contributed by atoms with van der Waals surface area (Å²) in [5.74, 6) is -1.13. The van der Waals surface area contributed by atoms with E-state index in [1.165, 1.54) is 14.0 Å². The Kier molecular flexibility index (Phi) is 3.60. The molecule has 7 nitrogen and oxygen atoms in total. The van der Waals surface area contributed by atoms with Crippen molar-refractivity contribution in [1.29, 1.82) is 0 Å². The van der Waals surface area contributed by atoms with Gasteiger partial charge in [-0.3, -0.25) is 14.2 Å². The minimum atomic E-state index is -0.921. The molecule has 0 amide bonds. The lowest BCUT2D eigenvalue weighted by molar-refractivity contribution is -0.137. The first kappa shape index (κ1) is 12.2. The molecule has 0 unspecified atom stereocenters. The van der Waals surface area contributed by atoms with Crippen LogP contribution in [0.1, 0.15) is 30.4 Å². The van der Waals surface area contributed by atoms with Crippen LogP contribution in [0.25, 0.3) is 0 Å². The Balaban J connectivity index is 2.82. The summed E-state index contributed by atoms with van der Waals surface area (Å²) in [6.45, 7) is 1.52. The molecule has 16 heavy (non-hydrogen) atoms. The largest absolute Gasteiger partial charge is 0.481 e. The van der Waals surface area contributed by atoms with Crippen LogP contribution in [0.3, 0.4) is 0 Å². The molecule has 0 aliphatic heterocycles. The minimum Gasteiger partial charge on any atom is -0.481 e. The molecule has 0 aliphatic carbocycles. The van der Waals surface area contributed by atoms with E-state index in [1.54, 1.807) is 0 Å². The monoisotopic (exact) mass is 227 g/mol. The predicted molar refractivity (Wildman–Crippen MR) is 54.3 cm³/mol. The zero-order chi connectivity index (χ0) is 12.3. The Bertz CT molecular complexity index is 472. The minimum absolute atomic E-state index is 0.0293. The second-order valence-corrected chi connectivity index (χ2v) is 3.44. The number of aliphatic carboxylic acids is 1. The summed E-state index contributed by atoms with van der Waals surface area (Å²) >= 11 is 0. The second-order valence-electron chi connectivity index (χ2n) is 3.44. The number of ketones is 1. The highest BCUT2D eigenvalue weighted by Crippen LogP contribution is 1.95. The molecule has 1 rings (SSSR count). The number of carbonyl (C=O) groups is 2. The van der Waals surface area contributed by atoms with Crippen molar-refractivity contribution >= 4 is 11.8 Å². The lowest BCUT2D eigenvalue weighted by atomic mass is 10.3. The topological polar surface area (TPSA) is 94.2 Å². The fourth-order valence-electron chi connectivity index (χ4n) is 1.32. The number of nitrogens with zero attached hydrogens (tertiary/aromatic N) is 3. The van der Waals surface area contributed by atoms with Gasteiger partial charge in [-0.1, -0.05) is 0 Å². The van der Waals surface area contributed by atoms with E-state index in [1.807, 2.05) is 0 Å². The number of aromatic nitrogens is 3. The van der Waals surface area contributed by atoms with E-state index < -0.39 is 11.7 Å². The van der Waals surface area contributed by atoms with Gasteiger partial charge in [0.15, 0.2) is 11.6 Å². The Morgan fingerprint density at radius 1 is 1.44 bits per heavy atom. The molecule has 0 spiro atoms. The summed E-state index contributed by atoms with van der Waals surface area (Å²) in [5.41, 5.74) is -0.407. The smallest absolute Gasteiger partial charge is 0.346 e. The van der Waals surface area contributed by atoms with Crippen molar-refractivity contribution in [2.24, 2.45) is 7.05 Å². The van der Waals surface area contributed by atoms with Gasteiger partial charge < -0.3 is 5.11 Å². The van der Waals surface area contributed by atoms with Gasteiger partial charge in [-0.05, 0) is 6.42 Å². The third-order valence-corrected chi connectivity index (χ3v) is 2.12. The molecule has 0 fully saturated rings. The lowest BCUT2D eigenvalue weighted by Crippen LogP contribution is -2.24. The molecular weight excluding hydrogens is 214 g/mol. The highest BCUT2D eigenvalue weighted by atomic mass is 16.4. The first-order valence-corrected chi connectivity index (χ1v) is 4.80. The third kappa shape index (κ3) is 2.56. The van der Waals surface area contributed by atoms with Crippen molar-refractivity contribution in [3.8, 4) is 0 Å². The summed E-state index contributed by atoms with van der Waals surface area (Å²) in [5, 5.41) is 12.3. The summed E-state index contributed by atoms with van der Waals surface area (Å²) < 4.78 is 2.27. The van der Waals surface area contributed by atoms with Crippen molar-refractivity contribution < 1.29 is 14.7 Å². The van der Waals surface area contributed by atoms with Gasteiger partial charge in [-0.2, -0.15) is 0 Å². The van der Waals surface area contributed by atoms with E-state index in [0.717, 1.165) is 9.25 Å². The Morgan fingerprint density at radius 3 is 2.50 bits per heavy atom. The summed E-state index contributed by atoms with van der Waals surface area (Å²) in [4.78, 5) is 32.9. The van der Waals surface area contributed by atoms with Crippen molar-refractivity contribution in [2.75, 3.05) is 0 Å². The van der Waals surface area contributed by atoms with Gasteiger partial charge in [0.2, 0.25) is 0 Å². The zero-order valence-corrected chi connectivity index (χ0v) is 9.13. The van der Waals surface area contributed by atoms with Gasteiger partial charge in [0.25, 0.3) is 0 Å². The van der Waals surface area contributed by atoms with Crippen LogP contribution in [0.5, 0.6) is 0 Å². The molecule has 1 N–H and O–H groups in total. The summed E-state index contributed by atoms with van der Waals surface area (Å²) in [6.07, 6.45) is 0.280. The average Bonchev–Trinajstić information content (AvgIpc) is 2.45. The summed E-state index contributed by atoms with van der Waals surface area (Å²) in [6, 6.07) is 0. The molecule has 1 aromatic heterocycles. The fraction of sp³-hybridized carbons (Fsp3) is 0.556. The number of aryl methyl sites for hydroxylation is 1. The number of Topliss-reactive ketones (excluding diaryl/α,β-unsaturated/α-hetero) is 1. The molecule has 0 radical (unpaired) electrons. The van der Waals surface area contributed by atoms with E-state index in [2.05, 4.69) is 5.10 Å². The number of carboxylic acid groups (broad SMARTS) is 1. The first-order chi connectivity index (χ1) is 7.43. The SMILES string of the molecule is CC(=O)c1nn(CCCC(=O)O)c(=O)n1C. The van der Waals surface area contributed by atoms with Crippen LogP contribution in [0.15, 0.2) is 4.79 Å². The number of hydrogen-bond donors (Lipinski definition) is 1. The molecule has 88 valence electrons.